The second-order valence-corrected chi connectivity index (χ2v) is 10.8. The van der Waals surface area contributed by atoms with Crippen LogP contribution in [0.2, 0.25) is 0 Å². The summed E-state index contributed by atoms with van der Waals surface area (Å²) in [6, 6.07) is 0.330. The van der Waals surface area contributed by atoms with Gasteiger partial charge in [-0.3, -0.25) is 4.79 Å². The van der Waals surface area contributed by atoms with Crippen molar-refractivity contribution in [2.45, 2.75) is 65.5 Å². The molecule has 0 aliphatic heterocycles. The number of hydrogen-bond donors (Lipinski definition) is 1. The predicted molar refractivity (Wildman–Crippen MR) is 107 cm³/mol. The van der Waals surface area contributed by atoms with E-state index in [0.717, 1.165) is 19.3 Å². The van der Waals surface area contributed by atoms with Gasteiger partial charge in [-0.2, -0.15) is 0 Å². The second-order valence-electron chi connectivity index (χ2n) is 5.54. The highest BCUT2D eigenvalue weighted by molar-refractivity contribution is 8.59. The predicted octanol–water partition coefficient (Wildman–Crippen LogP) is 3.31. The van der Waals surface area contributed by atoms with Gasteiger partial charge in [-0.1, -0.05) is 19.9 Å². The van der Waals surface area contributed by atoms with Crippen molar-refractivity contribution in [1.29, 1.82) is 0 Å². The first-order chi connectivity index (χ1) is 9.75. The third kappa shape index (κ3) is 12.7. The molecule has 124 valence electrons. The number of nitrogens with one attached hydrogen (secondary N) is 1. The molecular formula is C14H27NOS5. The van der Waals surface area contributed by atoms with E-state index in [0.29, 0.717) is 11.8 Å². The van der Waals surface area contributed by atoms with Crippen LogP contribution in [0.4, 0.5) is 0 Å². The normalized spacial score (nSPS) is 12.9. The maximum atomic E-state index is 12.2. The molecule has 0 aliphatic carbocycles. The molecule has 0 spiro atoms. The van der Waals surface area contributed by atoms with Gasteiger partial charge in [-0.15, -0.1) is 6.58 Å². The molecule has 0 aromatic heterocycles. The first-order valence-corrected chi connectivity index (χ1v) is 12.3. The molecule has 7 heteroatoms. The van der Waals surface area contributed by atoms with Gasteiger partial charge < -0.3 is 5.32 Å². The number of allylic oxidation sites excluding steroid dienone is 1. The van der Waals surface area contributed by atoms with Crippen LogP contribution >= 0.6 is 0 Å². The van der Waals surface area contributed by atoms with Crippen molar-refractivity contribution in [2.24, 2.45) is 5.92 Å². The summed E-state index contributed by atoms with van der Waals surface area (Å²) in [6.07, 6.45) is 4.78. The minimum Gasteiger partial charge on any atom is -0.303 e. The average molecular weight is 386 g/mol. The van der Waals surface area contributed by atoms with Crippen LogP contribution in [0.5, 0.6) is 0 Å². The molecule has 1 N–H and O–H groups in total. The van der Waals surface area contributed by atoms with Crippen LogP contribution in [0.15, 0.2) is 12.7 Å². The standard InChI is InChI=1S/C14H27NO.S5/c1-7-8-9-10-14(6,15-12(4)5)13(16)11(2)3;1-3-5-4-2/h7,11-12,15H,1,8-10H2,2-6H3;/t14-;/m0./s1. The Morgan fingerprint density at radius 1 is 1.29 bits per heavy atom. The summed E-state index contributed by atoms with van der Waals surface area (Å²) in [6.45, 7) is 13.8. The Morgan fingerprint density at radius 3 is 2.10 bits per heavy atom. The quantitative estimate of drug-likeness (QED) is 0.513. The van der Waals surface area contributed by atoms with Gasteiger partial charge in [-0.25, -0.2) is 0 Å². The molecule has 0 saturated carbocycles. The first-order valence-electron chi connectivity index (χ1n) is 6.93. The van der Waals surface area contributed by atoms with Crippen LogP contribution in [-0.2, 0) is 53.8 Å². The molecule has 0 aromatic rings. The minimum atomic E-state index is -0.384. The van der Waals surface area contributed by atoms with Crippen LogP contribution in [-0.4, -0.2) is 17.4 Å². The van der Waals surface area contributed by atoms with E-state index >= 15 is 0 Å². The third-order valence-corrected chi connectivity index (χ3v) is 7.26. The van der Waals surface area contributed by atoms with Gasteiger partial charge in [0.15, 0.2) is 5.78 Å². The van der Waals surface area contributed by atoms with Crippen LogP contribution in [0, 0.1) is 5.92 Å². The lowest BCUT2D eigenvalue weighted by molar-refractivity contribution is -0.128. The molecule has 0 radical (unpaired) electrons. The van der Waals surface area contributed by atoms with E-state index in [-0.39, 0.29) is 11.5 Å². The number of rotatable bonds is 8. The molecular weight excluding hydrogens is 358 g/mol. The zero-order chi connectivity index (χ0) is 16.9. The summed E-state index contributed by atoms with van der Waals surface area (Å²) in [5.74, 6) is 0.394. The Bertz CT molecular complexity index is 421. The lowest BCUT2D eigenvalue weighted by atomic mass is 9.84. The van der Waals surface area contributed by atoms with Crippen LogP contribution in [0.1, 0.15) is 53.9 Å². The Balaban J connectivity index is 0. The van der Waals surface area contributed by atoms with E-state index in [1.54, 1.807) is 0 Å². The molecule has 0 aliphatic rings. The molecule has 0 unspecified atom stereocenters. The molecule has 0 amide bonds. The lowest BCUT2D eigenvalue weighted by Gasteiger charge is -2.33. The Morgan fingerprint density at radius 2 is 1.81 bits per heavy atom. The molecule has 0 bridgehead atoms. The van der Waals surface area contributed by atoms with Crippen LogP contribution in [0.3, 0.4) is 0 Å². The summed E-state index contributed by atoms with van der Waals surface area (Å²) < 4.78 is 0. The number of ketones is 1. The molecule has 0 heterocycles. The van der Waals surface area contributed by atoms with Crippen molar-refractivity contribution in [3.63, 3.8) is 0 Å². The number of carbonyl (C=O) groups is 1. The highest BCUT2D eigenvalue weighted by Crippen LogP contribution is 2.20. The largest absolute Gasteiger partial charge is 0.303 e. The summed E-state index contributed by atoms with van der Waals surface area (Å²) >= 11 is 8.89. The zero-order valence-electron chi connectivity index (χ0n) is 13.5. The molecule has 0 aromatic carbocycles. The fraction of sp³-hybridized carbons (Fsp3) is 0.786. The van der Waals surface area contributed by atoms with Crippen molar-refractivity contribution in [3.05, 3.63) is 12.7 Å². The minimum absolute atomic E-state index is 0.0833. The van der Waals surface area contributed by atoms with Crippen molar-refractivity contribution in [2.75, 3.05) is 0 Å². The van der Waals surface area contributed by atoms with Gasteiger partial charge in [0.25, 0.3) is 0 Å². The smallest absolute Gasteiger partial charge is 0.155 e. The van der Waals surface area contributed by atoms with Crippen molar-refractivity contribution >= 4 is 54.8 Å². The number of Topliss-reactive ketones (excluding diaryl/α,β-unsaturated/α-hetero) is 1. The van der Waals surface area contributed by atoms with Gasteiger partial charge in [0.1, 0.15) is 0 Å². The van der Waals surface area contributed by atoms with Crippen molar-refractivity contribution in [1.82, 2.24) is 5.32 Å². The van der Waals surface area contributed by atoms with Crippen LogP contribution < -0.4 is 5.32 Å². The molecule has 2 nitrogen and oxygen atoms in total. The summed E-state index contributed by atoms with van der Waals surface area (Å²) in [7, 11) is 3.95. The fourth-order valence-corrected chi connectivity index (χ4v) is 4.90. The van der Waals surface area contributed by atoms with E-state index in [1.165, 1.54) is 26.6 Å². The highest BCUT2D eigenvalue weighted by atomic mass is 33.3. The van der Waals surface area contributed by atoms with E-state index in [2.05, 4.69) is 48.1 Å². The van der Waals surface area contributed by atoms with E-state index in [1.807, 2.05) is 26.8 Å². The Kier molecular flexibility index (Phi) is 15.9. The lowest BCUT2D eigenvalue weighted by Crippen LogP contribution is -2.53. The van der Waals surface area contributed by atoms with E-state index < -0.39 is 0 Å². The van der Waals surface area contributed by atoms with Gasteiger partial charge in [-0.05, 0) is 40.0 Å². The van der Waals surface area contributed by atoms with Crippen LogP contribution in [0.25, 0.3) is 0 Å². The molecule has 21 heavy (non-hydrogen) atoms. The van der Waals surface area contributed by atoms with Gasteiger partial charge in [0, 0.05) is 61.0 Å². The van der Waals surface area contributed by atoms with E-state index in [9.17, 15) is 4.79 Å². The zero-order valence-corrected chi connectivity index (χ0v) is 17.6. The second kappa shape index (κ2) is 14.1. The van der Waals surface area contributed by atoms with Crippen molar-refractivity contribution < 1.29 is 4.79 Å². The molecule has 0 saturated heterocycles. The van der Waals surface area contributed by atoms with Crippen molar-refractivity contribution in [3.8, 4) is 0 Å². The monoisotopic (exact) mass is 385 g/mol. The average Bonchev–Trinajstić information content (AvgIpc) is 2.38. The third-order valence-electron chi connectivity index (χ3n) is 2.82. The SMILES string of the molecule is C=CCCC[C@](C)(NC(C)C)C(=O)C(C)C.S=S=S=S=S. The van der Waals surface area contributed by atoms with Gasteiger partial charge in [0.2, 0.25) is 0 Å². The number of hydrogen-bond acceptors (Lipinski definition) is 4. The fourth-order valence-electron chi connectivity index (χ4n) is 2.15. The topological polar surface area (TPSA) is 29.1 Å². The summed E-state index contributed by atoms with van der Waals surface area (Å²) in [4.78, 5) is 12.2. The molecule has 0 rings (SSSR count). The summed E-state index contributed by atoms with van der Waals surface area (Å²) in [5.41, 5.74) is -0.384. The van der Waals surface area contributed by atoms with Gasteiger partial charge in [0.05, 0.1) is 5.54 Å². The van der Waals surface area contributed by atoms with E-state index in [4.69, 9.17) is 0 Å². The molecule has 1 atom stereocenters. The Labute approximate surface area is 148 Å². The number of unbranched alkanes of at least 4 members (excludes halogenated alkanes) is 1. The van der Waals surface area contributed by atoms with Gasteiger partial charge >= 0.3 is 0 Å². The molecule has 0 fully saturated rings. The summed E-state index contributed by atoms with van der Waals surface area (Å²) in [5, 5.41) is 3.41. The maximum Gasteiger partial charge on any atom is 0.155 e. The first kappa shape index (κ1) is 23.7. The Hall–Kier alpha value is 0.470. The number of carbonyl (C=O) groups excluding carboxylic acids is 1. The maximum absolute atomic E-state index is 12.2. The highest BCUT2D eigenvalue weighted by Gasteiger charge is 2.33.